The molecule has 7 nitrogen and oxygen atoms in total. The summed E-state index contributed by atoms with van der Waals surface area (Å²) >= 11 is 0. The fraction of sp³-hybridized carbons (Fsp3) is 0.292. The molecule has 1 aliphatic carbocycles. The zero-order chi connectivity index (χ0) is 21.4. The van der Waals surface area contributed by atoms with E-state index in [-0.39, 0.29) is 11.8 Å². The van der Waals surface area contributed by atoms with Gasteiger partial charge in [0, 0.05) is 16.9 Å². The second-order valence-electron chi connectivity index (χ2n) is 8.00. The summed E-state index contributed by atoms with van der Waals surface area (Å²) in [6.07, 6.45) is 4.50. The Morgan fingerprint density at radius 1 is 1.13 bits per heavy atom. The molecule has 1 aliphatic heterocycles. The Morgan fingerprint density at radius 3 is 2.77 bits per heavy atom. The highest BCUT2D eigenvalue weighted by molar-refractivity contribution is 6.05. The lowest BCUT2D eigenvalue weighted by atomic mass is 10.1. The summed E-state index contributed by atoms with van der Waals surface area (Å²) in [5.74, 6) is 0.138. The number of para-hydroxylation sites is 1. The van der Waals surface area contributed by atoms with Crippen LogP contribution in [0.5, 0.6) is 5.75 Å². The smallest absolute Gasteiger partial charge is 0.276 e. The number of anilines is 2. The van der Waals surface area contributed by atoms with Crippen molar-refractivity contribution in [2.24, 2.45) is 0 Å². The quantitative estimate of drug-likeness (QED) is 0.629. The van der Waals surface area contributed by atoms with Gasteiger partial charge in [0.25, 0.3) is 11.8 Å². The molecule has 0 saturated carbocycles. The Bertz CT molecular complexity index is 1150. The normalized spacial score (nSPS) is 17.6. The van der Waals surface area contributed by atoms with E-state index >= 15 is 0 Å². The highest BCUT2D eigenvalue weighted by atomic mass is 16.5. The van der Waals surface area contributed by atoms with Gasteiger partial charge >= 0.3 is 0 Å². The van der Waals surface area contributed by atoms with Crippen LogP contribution in [0.1, 0.15) is 47.9 Å². The number of carbonyl (C=O) groups excluding carboxylic acids is 2. The molecule has 2 amide bonds. The minimum absolute atomic E-state index is 0.206. The standard InChI is InChI=1S/C24H24N4O3/c1-15-23(29)26-19-14-16(12-13-21(19)31-15)25-24(30)22-18-10-6-3-7-11-20(18)28(27-22)17-8-4-2-5-9-17/h2,4-5,8-9,12-15H,3,6-7,10-11H2,1H3,(H,25,30)(H,26,29)/t15-/m0/s1. The van der Waals surface area contributed by atoms with Crippen LogP contribution >= 0.6 is 0 Å². The third-order valence-electron chi connectivity index (χ3n) is 5.81. The molecule has 3 aromatic rings. The van der Waals surface area contributed by atoms with E-state index in [1.54, 1.807) is 25.1 Å². The average molecular weight is 416 g/mol. The number of amides is 2. The largest absolute Gasteiger partial charge is 0.479 e. The van der Waals surface area contributed by atoms with Crippen molar-refractivity contribution in [3.63, 3.8) is 0 Å². The van der Waals surface area contributed by atoms with Gasteiger partial charge in [0.1, 0.15) is 5.75 Å². The Morgan fingerprint density at radius 2 is 1.94 bits per heavy atom. The van der Waals surface area contributed by atoms with Crippen molar-refractivity contribution < 1.29 is 14.3 Å². The molecule has 158 valence electrons. The summed E-state index contributed by atoms with van der Waals surface area (Å²) in [5.41, 5.74) is 4.71. The van der Waals surface area contributed by atoms with Gasteiger partial charge in [0.05, 0.1) is 11.4 Å². The maximum absolute atomic E-state index is 13.2. The first kappa shape index (κ1) is 19.4. The summed E-state index contributed by atoms with van der Waals surface area (Å²) in [7, 11) is 0. The van der Waals surface area contributed by atoms with Crippen LogP contribution in [-0.2, 0) is 17.6 Å². The van der Waals surface area contributed by atoms with Crippen LogP contribution in [0.25, 0.3) is 5.69 Å². The predicted octanol–water partition coefficient (Wildman–Crippen LogP) is 4.11. The maximum atomic E-state index is 13.2. The van der Waals surface area contributed by atoms with Gasteiger partial charge in [-0.25, -0.2) is 4.68 Å². The fourth-order valence-electron chi connectivity index (χ4n) is 4.22. The third-order valence-corrected chi connectivity index (χ3v) is 5.81. The van der Waals surface area contributed by atoms with Crippen molar-refractivity contribution in [2.45, 2.75) is 45.1 Å². The number of fused-ring (bicyclic) bond motifs is 2. The molecule has 5 rings (SSSR count). The van der Waals surface area contributed by atoms with Crippen molar-refractivity contribution in [2.75, 3.05) is 10.6 Å². The number of aromatic nitrogens is 2. The molecule has 2 aliphatic rings. The lowest BCUT2D eigenvalue weighted by molar-refractivity contribution is -0.122. The molecule has 0 saturated heterocycles. The Balaban J connectivity index is 1.47. The molecule has 7 heteroatoms. The van der Waals surface area contributed by atoms with Gasteiger partial charge in [-0.05, 0) is 62.9 Å². The zero-order valence-corrected chi connectivity index (χ0v) is 17.4. The molecule has 1 aromatic heterocycles. The van der Waals surface area contributed by atoms with Gasteiger partial charge in [-0.1, -0.05) is 24.6 Å². The first-order valence-electron chi connectivity index (χ1n) is 10.7. The van der Waals surface area contributed by atoms with E-state index in [1.807, 2.05) is 35.0 Å². The molecule has 0 radical (unpaired) electrons. The zero-order valence-electron chi connectivity index (χ0n) is 17.4. The van der Waals surface area contributed by atoms with Gasteiger partial charge in [-0.3, -0.25) is 9.59 Å². The van der Waals surface area contributed by atoms with E-state index < -0.39 is 6.10 Å². The van der Waals surface area contributed by atoms with E-state index in [0.717, 1.165) is 49.0 Å². The van der Waals surface area contributed by atoms with Crippen LogP contribution in [0, 0.1) is 0 Å². The highest BCUT2D eigenvalue weighted by Crippen LogP contribution is 2.33. The lowest BCUT2D eigenvalue weighted by Crippen LogP contribution is -2.34. The van der Waals surface area contributed by atoms with Crippen LogP contribution in [0.2, 0.25) is 0 Å². The monoisotopic (exact) mass is 416 g/mol. The molecule has 0 spiro atoms. The maximum Gasteiger partial charge on any atom is 0.276 e. The summed E-state index contributed by atoms with van der Waals surface area (Å²) in [4.78, 5) is 25.1. The number of rotatable bonds is 3. The predicted molar refractivity (Wildman–Crippen MR) is 118 cm³/mol. The fourth-order valence-corrected chi connectivity index (χ4v) is 4.22. The minimum Gasteiger partial charge on any atom is -0.479 e. The van der Waals surface area contributed by atoms with Crippen LogP contribution in [0.4, 0.5) is 11.4 Å². The first-order valence-corrected chi connectivity index (χ1v) is 10.7. The van der Waals surface area contributed by atoms with E-state index in [4.69, 9.17) is 9.84 Å². The molecule has 2 N–H and O–H groups in total. The number of hydrogen-bond donors (Lipinski definition) is 2. The van der Waals surface area contributed by atoms with Crippen LogP contribution in [0.15, 0.2) is 48.5 Å². The third kappa shape index (κ3) is 3.67. The Labute approximate surface area is 180 Å². The molecular weight excluding hydrogens is 392 g/mol. The molecular formula is C24H24N4O3. The summed E-state index contributed by atoms with van der Waals surface area (Å²) in [5, 5.41) is 10.5. The number of carbonyl (C=O) groups is 2. The van der Waals surface area contributed by atoms with Gasteiger partial charge < -0.3 is 15.4 Å². The van der Waals surface area contributed by atoms with Crippen LogP contribution in [0.3, 0.4) is 0 Å². The topological polar surface area (TPSA) is 85.2 Å². The molecule has 0 fully saturated rings. The number of hydrogen-bond acceptors (Lipinski definition) is 4. The number of nitrogens with zero attached hydrogens (tertiary/aromatic N) is 2. The second kappa shape index (κ2) is 7.91. The summed E-state index contributed by atoms with van der Waals surface area (Å²) < 4.78 is 7.50. The highest BCUT2D eigenvalue weighted by Gasteiger charge is 2.26. The van der Waals surface area contributed by atoms with Crippen LogP contribution in [-0.4, -0.2) is 27.7 Å². The van der Waals surface area contributed by atoms with Gasteiger partial charge in [0.15, 0.2) is 11.8 Å². The lowest BCUT2D eigenvalue weighted by Gasteiger charge is -2.23. The molecule has 0 unspecified atom stereocenters. The molecule has 2 heterocycles. The molecule has 31 heavy (non-hydrogen) atoms. The number of nitrogens with one attached hydrogen (secondary N) is 2. The van der Waals surface area contributed by atoms with Crippen molar-refractivity contribution in [3.8, 4) is 11.4 Å². The number of ether oxygens (including phenoxy) is 1. The van der Waals surface area contributed by atoms with Gasteiger partial charge in [0.2, 0.25) is 0 Å². The van der Waals surface area contributed by atoms with Gasteiger partial charge in [-0.15, -0.1) is 0 Å². The Kier molecular flexibility index (Phi) is 4.94. The summed E-state index contributed by atoms with van der Waals surface area (Å²) in [6, 6.07) is 15.2. The van der Waals surface area contributed by atoms with Crippen molar-refractivity contribution >= 4 is 23.2 Å². The van der Waals surface area contributed by atoms with Crippen molar-refractivity contribution in [1.82, 2.24) is 9.78 Å². The van der Waals surface area contributed by atoms with E-state index in [0.29, 0.717) is 22.8 Å². The van der Waals surface area contributed by atoms with Crippen molar-refractivity contribution in [1.29, 1.82) is 0 Å². The van der Waals surface area contributed by atoms with E-state index in [9.17, 15) is 9.59 Å². The Hall–Kier alpha value is -3.61. The molecule has 0 bridgehead atoms. The second-order valence-corrected chi connectivity index (χ2v) is 8.00. The number of benzene rings is 2. The average Bonchev–Trinajstić information content (AvgIpc) is 2.96. The first-order chi connectivity index (χ1) is 15.1. The van der Waals surface area contributed by atoms with Crippen LogP contribution < -0.4 is 15.4 Å². The van der Waals surface area contributed by atoms with Crippen molar-refractivity contribution in [3.05, 3.63) is 65.5 Å². The molecule has 1 atom stereocenters. The molecule has 2 aromatic carbocycles. The summed E-state index contributed by atoms with van der Waals surface area (Å²) in [6.45, 7) is 1.70. The van der Waals surface area contributed by atoms with E-state index in [2.05, 4.69) is 10.6 Å². The van der Waals surface area contributed by atoms with E-state index in [1.165, 1.54) is 0 Å². The van der Waals surface area contributed by atoms with Gasteiger partial charge in [-0.2, -0.15) is 5.10 Å². The SMILES string of the molecule is C[C@@H]1Oc2ccc(NC(=O)c3nn(-c4ccccc4)c4c3CCCCC4)cc2NC1=O. The minimum atomic E-state index is -0.537.